The fourth-order valence-corrected chi connectivity index (χ4v) is 2.55. The van der Waals surface area contributed by atoms with Gasteiger partial charge in [-0.1, -0.05) is 13.0 Å². The summed E-state index contributed by atoms with van der Waals surface area (Å²) in [6.07, 6.45) is 2.96. The molecule has 0 spiro atoms. The van der Waals surface area contributed by atoms with E-state index in [1.807, 2.05) is 31.3 Å². The zero-order chi connectivity index (χ0) is 13.7. The third-order valence-electron chi connectivity index (χ3n) is 2.75. The Bertz CT molecular complexity index is 539. The lowest BCUT2D eigenvalue weighted by Crippen LogP contribution is -2.04. The zero-order valence-electron chi connectivity index (χ0n) is 11.3. The number of nitrogens with one attached hydrogen (secondary N) is 1. The predicted octanol–water partition coefficient (Wildman–Crippen LogP) is 3.30. The maximum Gasteiger partial charge on any atom is 0.144 e. The van der Waals surface area contributed by atoms with Crippen molar-refractivity contribution in [3.63, 3.8) is 0 Å². The first-order chi connectivity index (χ1) is 9.24. The number of nitrogens with two attached hydrogens (primary N) is 1. The van der Waals surface area contributed by atoms with Gasteiger partial charge >= 0.3 is 0 Å². The number of anilines is 2. The molecule has 0 atom stereocenters. The van der Waals surface area contributed by atoms with Gasteiger partial charge in [-0.15, -0.1) is 11.3 Å². The summed E-state index contributed by atoms with van der Waals surface area (Å²) in [5.41, 5.74) is 7.60. The monoisotopic (exact) mass is 277 g/mol. The van der Waals surface area contributed by atoms with Gasteiger partial charge in [-0.05, 0) is 25.5 Å². The summed E-state index contributed by atoms with van der Waals surface area (Å²) >= 11 is 1.73. The van der Waals surface area contributed by atoms with Crippen molar-refractivity contribution in [1.29, 1.82) is 0 Å². The van der Waals surface area contributed by atoms with E-state index in [4.69, 9.17) is 10.5 Å². The van der Waals surface area contributed by atoms with Crippen molar-refractivity contribution in [3.8, 4) is 5.75 Å². The quantitative estimate of drug-likeness (QED) is 0.795. The Morgan fingerprint density at radius 3 is 2.89 bits per heavy atom. The second-order valence-electron chi connectivity index (χ2n) is 4.08. The average Bonchev–Trinajstić information content (AvgIpc) is 2.88. The minimum absolute atomic E-state index is 0.611. The first-order valence-corrected chi connectivity index (χ1v) is 7.25. The standard InChI is InChI=1S/C14H19N3OS/c1-3-10-8-17-13(19-10)9-16-11-6-5-7-12(14(11)15)18-4-2/h5-8,16H,3-4,9,15H2,1-2H3. The Balaban J connectivity index is 2.04. The van der Waals surface area contributed by atoms with Crippen LogP contribution in [0.1, 0.15) is 23.7 Å². The number of aromatic nitrogens is 1. The largest absolute Gasteiger partial charge is 0.492 e. The van der Waals surface area contributed by atoms with E-state index in [-0.39, 0.29) is 0 Å². The number of benzene rings is 1. The summed E-state index contributed by atoms with van der Waals surface area (Å²) in [6, 6.07) is 5.76. The van der Waals surface area contributed by atoms with Crippen molar-refractivity contribution >= 4 is 22.7 Å². The SMILES string of the molecule is CCOc1cccc(NCc2ncc(CC)s2)c1N. The van der Waals surface area contributed by atoms with Gasteiger partial charge in [0.25, 0.3) is 0 Å². The van der Waals surface area contributed by atoms with Crippen molar-refractivity contribution in [2.45, 2.75) is 26.8 Å². The highest BCUT2D eigenvalue weighted by atomic mass is 32.1. The van der Waals surface area contributed by atoms with Gasteiger partial charge in [0, 0.05) is 11.1 Å². The van der Waals surface area contributed by atoms with E-state index < -0.39 is 0 Å². The lowest BCUT2D eigenvalue weighted by molar-refractivity contribution is 0.342. The Kier molecular flexibility index (Phi) is 4.63. The number of hydrogen-bond acceptors (Lipinski definition) is 5. The molecule has 19 heavy (non-hydrogen) atoms. The second-order valence-corrected chi connectivity index (χ2v) is 5.28. The predicted molar refractivity (Wildman–Crippen MR) is 80.8 cm³/mol. The molecule has 0 aliphatic carbocycles. The summed E-state index contributed by atoms with van der Waals surface area (Å²) in [6.45, 7) is 5.38. The zero-order valence-corrected chi connectivity index (χ0v) is 12.1. The van der Waals surface area contributed by atoms with Crippen LogP contribution in [0.15, 0.2) is 24.4 Å². The van der Waals surface area contributed by atoms with Crippen molar-refractivity contribution in [2.75, 3.05) is 17.7 Å². The van der Waals surface area contributed by atoms with Gasteiger partial charge in [-0.2, -0.15) is 0 Å². The fraction of sp³-hybridized carbons (Fsp3) is 0.357. The smallest absolute Gasteiger partial charge is 0.144 e. The van der Waals surface area contributed by atoms with Crippen LogP contribution in [0.2, 0.25) is 0 Å². The Morgan fingerprint density at radius 2 is 2.21 bits per heavy atom. The first-order valence-electron chi connectivity index (χ1n) is 6.43. The van der Waals surface area contributed by atoms with Gasteiger partial charge < -0.3 is 15.8 Å². The van der Waals surface area contributed by atoms with Gasteiger partial charge in [0.1, 0.15) is 10.8 Å². The fourth-order valence-electron chi connectivity index (χ4n) is 1.74. The van der Waals surface area contributed by atoms with Crippen LogP contribution in [0.4, 0.5) is 11.4 Å². The molecular weight excluding hydrogens is 258 g/mol. The number of para-hydroxylation sites is 1. The van der Waals surface area contributed by atoms with Crippen LogP contribution in [0, 0.1) is 0 Å². The molecule has 0 bridgehead atoms. The lowest BCUT2D eigenvalue weighted by atomic mass is 10.2. The number of nitrogen functional groups attached to an aromatic ring is 1. The molecule has 3 N–H and O–H groups in total. The maximum absolute atomic E-state index is 6.06. The van der Waals surface area contributed by atoms with Crippen LogP contribution < -0.4 is 15.8 Å². The molecule has 0 unspecified atom stereocenters. The first kappa shape index (κ1) is 13.7. The number of rotatable bonds is 6. The third kappa shape index (κ3) is 3.38. The molecule has 2 aromatic rings. The number of thiazole rings is 1. The van der Waals surface area contributed by atoms with E-state index in [2.05, 4.69) is 17.2 Å². The lowest BCUT2D eigenvalue weighted by Gasteiger charge is -2.12. The second kappa shape index (κ2) is 6.43. The number of aryl methyl sites for hydroxylation is 1. The molecule has 0 aliphatic heterocycles. The van der Waals surface area contributed by atoms with Gasteiger partial charge in [0.2, 0.25) is 0 Å². The molecule has 0 saturated carbocycles. The highest BCUT2D eigenvalue weighted by molar-refractivity contribution is 7.11. The van der Waals surface area contributed by atoms with Crippen LogP contribution in [0.3, 0.4) is 0 Å². The van der Waals surface area contributed by atoms with E-state index >= 15 is 0 Å². The third-order valence-corrected chi connectivity index (χ3v) is 3.89. The Hall–Kier alpha value is -1.75. The topological polar surface area (TPSA) is 60.2 Å². The summed E-state index contributed by atoms with van der Waals surface area (Å²) in [5.74, 6) is 0.723. The molecular formula is C14H19N3OS. The van der Waals surface area contributed by atoms with Crippen LogP contribution in [0.5, 0.6) is 5.75 Å². The molecule has 0 fully saturated rings. The molecule has 4 nitrogen and oxygen atoms in total. The highest BCUT2D eigenvalue weighted by Crippen LogP contribution is 2.29. The normalized spacial score (nSPS) is 10.4. The Labute approximate surface area is 117 Å². The van der Waals surface area contributed by atoms with Crippen LogP contribution in [-0.4, -0.2) is 11.6 Å². The highest BCUT2D eigenvalue weighted by Gasteiger charge is 2.06. The summed E-state index contributed by atoms with van der Waals surface area (Å²) in [4.78, 5) is 5.67. The van der Waals surface area contributed by atoms with Crippen molar-refractivity contribution in [3.05, 3.63) is 34.3 Å². The summed E-state index contributed by atoms with van der Waals surface area (Å²) < 4.78 is 5.47. The molecule has 0 saturated heterocycles. The molecule has 1 aromatic carbocycles. The van der Waals surface area contributed by atoms with E-state index in [1.165, 1.54) is 4.88 Å². The van der Waals surface area contributed by atoms with Crippen LogP contribution in [0.25, 0.3) is 0 Å². The van der Waals surface area contributed by atoms with Gasteiger partial charge in [-0.3, -0.25) is 0 Å². The average molecular weight is 277 g/mol. The van der Waals surface area contributed by atoms with Crippen molar-refractivity contribution < 1.29 is 4.74 Å². The molecule has 0 aliphatic rings. The minimum atomic E-state index is 0.611. The van der Waals surface area contributed by atoms with Gasteiger partial charge in [0.05, 0.1) is 24.5 Å². The molecule has 1 aromatic heterocycles. The van der Waals surface area contributed by atoms with E-state index in [1.54, 1.807) is 11.3 Å². The number of ether oxygens (including phenoxy) is 1. The number of hydrogen-bond donors (Lipinski definition) is 2. The van der Waals surface area contributed by atoms with E-state index in [0.717, 1.165) is 22.9 Å². The van der Waals surface area contributed by atoms with E-state index in [0.29, 0.717) is 18.8 Å². The molecule has 5 heteroatoms. The Morgan fingerprint density at radius 1 is 1.37 bits per heavy atom. The maximum atomic E-state index is 6.06. The molecule has 0 radical (unpaired) electrons. The molecule has 1 heterocycles. The molecule has 2 rings (SSSR count). The van der Waals surface area contributed by atoms with Gasteiger partial charge in [0.15, 0.2) is 0 Å². The van der Waals surface area contributed by atoms with Crippen LogP contribution >= 0.6 is 11.3 Å². The van der Waals surface area contributed by atoms with Crippen molar-refractivity contribution in [1.82, 2.24) is 4.98 Å². The number of nitrogens with zero attached hydrogens (tertiary/aromatic N) is 1. The van der Waals surface area contributed by atoms with Crippen molar-refractivity contribution in [2.24, 2.45) is 0 Å². The van der Waals surface area contributed by atoms with Gasteiger partial charge in [-0.25, -0.2) is 4.98 Å². The molecule has 102 valence electrons. The molecule has 0 amide bonds. The summed E-state index contributed by atoms with van der Waals surface area (Å²) in [5, 5.41) is 4.38. The summed E-state index contributed by atoms with van der Waals surface area (Å²) in [7, 11) is 0. The van der Waals surface area contributed by atoms with E-state index in [9.17, 15) is 0 Å². The van der Waals surface area contributed by atoms with Crippen LogP contribution in [-0.2, 0) is 13.0 Å². The minimum Gasteiger partial charge on any atom is -0.492 e.